The molecule has 0 unspecified atom stereocenters. The van der Waals surface area contributed by atoms with E-state index in [2.05, 4.69) is 15.3 Å². The first-order valence-electron chi connectivity index (χ1n) is 7.71. The number of carbonyl (C=O) groups excluding carboxylic acids is 1. The van der Waals surface area contributed by atoms with E-state index in [9.17, 15) is 4.79 Å². The van der Waals surface area contributed by atoms with E-state index < -0.39 is 0 Å². The second-order valence-corrected chi connectivity index (χ2v) is 7.02. The fraction of sp³-hybridized carbons (Fsp3) is 0.0526. The van der Waals surface area contributed by atoms with Gasteiger partial charge in [-0.3, -0.25) is 4.79 Å². The quantitative estimate of drug-likeness (QED) is 0.502. The van der Waals surface area contributed by atoms with E-state index >= 15 is 0 Å². The number of nitrogens with one attached hydrogen (secondary N) is 2. The van der Waals surface area contributed by atoms with Gasteiger partial charge in [-0.15, -0.1) is 11.3 Å². The molecule has 2 N–H and O–H groups in total. The van der Waals surface area contributed by atoms with E-state index in [1.165, 1.54) is 11.3 Å². The van der Waals surface area contributed by atoms with Crippen LogP contribution < -0.4 is 5.32 Å². The Morgan fingerprint density at radius 1 is 1.20 bits per heavy atom. The predicted octanol–water partition coefficient (Wildman–Crippen LogP) is 5.51. The number of aromatic amines is 1. The molecule has 0 aliphatic rings. The molecule has 0 spiro atoms. The topological polar surface area (TPSA) is 57.8 Å². The molecular formula is C19H14ClN3OS. The Kier molecular flexibility index (Phi) is 4.03. The number of carbonyl (C=O) groups is 1. The van der Waals surface area contributed by atoms with Crippen molar-refractivity contribution >= 4 is 45.4 Å². The van der Waals surface area contributed by atoms with Crippen LogP contribution in [0.15, 0.2) is 53.9 Å². The molecule has 2 aromatic heterocycles. The zero-order chi connectivity index (χ0) is 17.4. The Morgan fingerprint density at radius 2 is 2.04 bits per heavy atom. The van der Waals surface area contributed by atoms with Gasteiger partial charge in [0.15, 0.2) is 0 Å². The molecule has 6 heteroatoms. The van der Waals surface area contributed by atoms with Gasteiger partial charge in [-0.1, -0.05) is 35.9 Å². The maximum Gasteiger partial charge on any atom is 0.275 e. The van der Waals surface area contributed by atoms with Crippen LogP contribution in [0.5, 0.6) is 0 Å². The van der Waals surface area contributed by atoms with Gasteiger partial charge in [-0.25, -0.2) is 4.98 Å². The van der Waals surface area contributed by atoms with Crippen LogP contribution in [0, 0.1) is 6.92 Å². The summed E-state index contributed by atoms with van der Waals surface area (Å²) in [6, 6.07) is 15.5. The molecule has 4 rings (SSSR count). The van der Waals surface area contributed by atoms with Gasteiger partial charge in [0.1, 0.15) is 10.7 Å². The maximum absolute atomic E-state index is 12.5. The lowest BCUT2D eigenvalue weighted by molar-refractivity contribution is 0.102. The molecule has 0 atom stereocenters. The van der Waals surface area contributed by atoms with Crippen LogP contribution in [0.2, 0.25) is 5.02 Å². The summed E-state index contributed by atoms with van der Waals surface area (Å²) in [6.45, 7) is 1.92. The Hall–Kier alpha value is -2.63. The van der Waals surface area contributed by atoms with Crippen molar-refractivity contribution in [1.29, 1.82) is 0 Å². The van der Waals surface area contributed by atoms with Gasteiger partial charge in [-0.05, 0) is 36.8 Å². The minimum Gasteiger partial charge on any atom is -0.353 e. The number of hydrogen-bond acceptors (Lipinski definition) is 3. The monoisotopic (exact) mass is 367 g/mol. The molecule has 0 aliphatic carbocycles. The molecule has 1 amide bonds. The van der Waals surface area contributed by atoms with Crippen LogP contribution in [0.1, 0.15) is 16.1 Å². The van der Waals surface area contributed by atoms with Crippen LogP contribution in [0.25, 0.3) is 21.6 Å². The summed E-state index contributed by atoms with van der Waals surface area (Å²) in [5.74, 6) is -0.246. The van der Waals surface area contributed by atoms with Gasteiger partial charge in [0.2, 0.25) is 0 Å². The van der Waals surface area contributed by atoms with Crippen molar-refractivity contribution in [2.24, 2.45) is 0 Å². The Balaban J connectivity index is 1.60. The number of benzene rings is 2. The normalized spacial score (nSPS) is 11.0. The smallest absolute Gasteiger partial charge is 0.275 e. The summed E-state index contributed by atoms with van der Waals surface area (Å²) in [5, 5.41) is 7.11. The summed E-state index contributed by atoms with van der Waals surface area (Å²) >= 11 is 7.43. The average molecular weight is 368 g/mol. The van der Waals surface area contributed by atoms with E-state index in [0.717, 1.165) is 27.2 Å². The fourth-order valence-electron chi connectivity index (χ4n) is 2.61. The van der Waals surface area contributed by atoms with Gasteiger partial charge in [-0.2, -0.15) is 0 Å². The minimum atomic E-state index is -0.246. The standard InChI is InChI=1S/C19H14ClN3OS/c1-11-6-7-13(20)9-15(11)22-18(24)17-10-25-19(23-17)16-8-12-4-2-3-5-14(12)21-16/h2-10,21H,1H3,(H,22,24). The van der Waals surface area contributed by atoms with E-state index in [0.29, 0.717) is 16.4 Å². The lowest BCUT2D eigenvalue weighted by atomic mass is 10.2. The van der Waals surface area contributed by atoms with E-state index in [1.807, 2.05) is 43.3 Å². The Labute approximate surface area is 153 Å². The molecule has 4 nitrogen and oxygen atoms in total. The number of rotatable bonds is 3. The molecule has 124 valence electrons. The highest BCUT2D eigenvalue weighted by Gasteiger charge is 2.14. The number of aromatic nitrogens is 2. The van der Waals surface area contributed by atoms with Crippen molar-refractivity contribution < 1.29 is 4.79 Å². The van der Waals surface area contributed by atoms with Crippen molar-refractivity contribution in [3.8, 4) is 10.7 Å². The third-order valence-corrected chi connectivity index (χ3v) is 5.06. The first kappa shape index (κ1) is 15.9. The molecule has 2 aromatic carbocycles. The lowest BCUT2D eigenvalue weighted by Gasteiger charge is -2.07. The van der Waals surface area contributed by atoms with Gasteiger partial charge in [0.05, 0.1) is 5.69 Å². The van der Waals surface area contributed by atoms with Crippen LogP contribution in [0.3, 0.4) is 0 Å². The second kappa shape index (κ2) is 6.35. The fourth-order valence-corrected chi connectivity index (χ4v) is 3.55. The number of anilines is 1. The van der Waals surface area contributed by atoms with Gasteiger partial charge in [0, 0.05) is 27.0 Å². The molecule has 0 aliphatic heterocycles. The number of nitrogens with zero attached hydrogens (tertiary/aromatic N) is 1. The van der Waals surface area contributed by atoms with Crippen LogP contribution >= 0.6 is 22.9 Å². The highest BCUT2D eigenvalue weighted by molar-refractivity contribution is 7.13. The molecule has 0 bridgehead atoms. The van der Waals surface area contributed by atoms with Gasteiger partial charge in [0.25, 0.3) is 5.91 Å². The van der Waals surface area contributed by atoms with Crippen molar-refractivity contribution in [2.75, 3.05) is 5.32 Å². The predicted molar refractivity (Wildman–Crippen MR) is 104 cm³/mol. The SMILES string of the molecule is Cc1ccc(Cl)cc1NC(=O)c1csc(-c2cc3ccccc3[nH]2)n1. The van der Waals surface area contributed by atoms with Crippen molar-refractivity contribution in [3.63, 3.8) is 0 Å². The van der Waals surface area contributed by atoms with Gasteiger partial charge >= 0.3 is 0 Å². The summed E-state index contributed by atoms with van der Waals surface area (Å²) < 4.78 is 0. The average Bonchev–Trinajstić information content (AvgIpc) is 3.24. The summed E-state index contributed by atoms with van der Waals surface area (Å²) in [6.07, 6.45) is 0. The molecular weight excluding hydrogens is 354 g/mol. The highest BCUT2D eigenvalue weighted by atomic mass is 35.5. The van der Waals surface area contributed by atoms with E-state index in [-0.39, 0.29) is 5.91 Å². The molecule has 0 saturated carbocycles. The maximum atomic E-state index is 12.5. The first-order valence-corrected chi connectivity index (χ1v) is 8.97. The van der Waals surface area contributed by atoms with Crippen molar-refractivity contribution in [2.45, 2.75) is 6.92 Å². The Bertz CT molecular complexity index is 1050. The van der Waals surface area contributed by atoms with Crippen LogP contribution in [-0.4, -0.2) is 15.9 Å². The third-order valence-electron chi connectivity index (χ3n) is 3.95. The number of thiazole rings is 1. The summed E-state index contributed by atoms with van der Waals surface area (Å²) in [4.78, 5) is 20.3. The van der Waals surface area contributed by atoms with Crippen LogP contribution in [0.4, 0.5) is 5.69 Å². The molecule has 2 heterocycles. The third kappa shape index (κ3) is 3.16. The molecule has 0 fully saturated rings. The number of hydrogen-bond donors (Lipinski definition) is 2. The number of para-hydroxylation sites is 1. The lowest BCUT2D eigenvalue weighted by Crippen LogP contribution is -2.13. The largest absolute Gasteiger partial charge is 0.353 e. The highest BCUT2D eigenvalue weighted by Crippen LogP contribution is 2.27. The second-order valence-electron chi connectivity index (χ2n) is 5.72. The number of amides is 1. The van der Waals surface area contributed by atoms with E-state index in [1.54, 1.807) is 17.5 Å². The van der Waals surface area contributed by atoms with Crippen molar-refractivity contribution in [3.05, 3.63) is 70.2 Å². The molecule has 0 saturated heterocycles. The minimum absolute atomic E-state index is 0.246. The Morgan fingerprint density at radius 3 is 2.88 bits per heavy atom. The zero-order valence-corrected chi connectivity index (χ0v) is 14.9. The molecule has 0 radical (unpaired) electrons. The number of fused-ring (bicyclic) bond motifs is 1. The summed E-state index contributed by atoms with van der Waals surface area (Å²) in [7, 11) is 0. The summed E-state index contributed by atoms with van der Waals surface area (Å²) in [5.41, 5.74) is 3.98. The molecule has 4 aromatic rings. The number of aryl methyl sites for hydroxylation is 1. The first-order chi connectivity index (χ1) is 12.1. The zero-order valence-electron chi connectivity index (χ0n) is 13.3. The number of halogens is 1. The molecule has 25 heavy (non-hydrogen) atoms. The van der Waals surface area contributed by atoms with E-state index in [4.69, 9.17) is 11.6 Å². The van der Waals surface area contributed by atoms with Gasteiger partial charge < -0.3 is 10.3 Å². The van der Waals surface area contributed by atoms with Crippen LogP contribution in [-0.2, 0) is 0 Å². The number of H-pyrrole nitrogens is 1. The van der Waals surface area contributed by atoms with Crippen molar-refractivity contribution in [1.82, 2.24) is 9.97 Å².